The van der Waals surface area contributed by atoms with E-state index in [0.717, 1.165) is 21.3 Å². The van der Waals surface area contributed by atoms with Gasteiger partial charge in [-0.1, -0.05) is 6.07 Å². The minimum absolute atomic E-state index is 0.131. The standard InChI is InChI=1S/C12H13BrN4O/c1-8-3-9(2)12(10(13)4-8)16-11(18)5-17-7-14-6-15-17/h3-4,6-7H,5H2,1-2H3,(H,16,18). The van der Waals surface area contributed by atoms with Crippen LogP contribution in [0.5, 0.6) is 0 Å². The average molecular weight is 309 g/mol. The first kappa shape index (κ1) is 12.8. The number of hydrogen-bond donors (Lipinski definition) is 1. The lowest BCUT2D eigenvalue weighted by Gasteiger charge is -2.11. The summed E-state index contributed by atoms with van der Waals surface area (Å²) in [5, 5.41) is 6.76. The number of nitrogens with one attached hydrogen (secondary N) is 1. The summed E-state index contributed by atoms with van der Waals surface area (Å²) < 4.78 is 2.36. The molecule has 94 valence electrons. The summed E-state index contributed by atoms with van der Waals surface area (Å²) in [6.45, 7) is 4.13. The summed E-state index contributed by atoms with van der Waals surface area (Å²) in [6.07, 6.45) is 2.91. The Balaban J connectivity index is 2.12. The maximum absolute atomic E-state index is 11.8. The van der Waals surface area contributed by atoms with E-state index in [1.807, 2.05) is 26.0 Å². The molecular formula is C12H13BrN4O. The second-order valence-electron chi connectivity index (χ2n) is 4.08. The second kappa shape index (κ2) is 5.30. The van der Waals surface area contributed by atoms with Gasteiger partial charge in [0.05, 0.1) is 5.69 Å². The molecule has 0 saturated carbocycles. The molecule has 0 fully saturated rings. The SMILES string of the molecule is Cc1cc(C)c(NC(=O)Cn2cncn2)c(Br)c1. The zero-order chi connectivity index (χ0) is 13.1. The number of rotatable bonds is 3. The summed E-state index contributed by atoms with van der Waals surface area (Å²) in [7, 11) is 0. The molecular weight excluding hydrogens is 296 g/mol. The Bertz CT molecular complexity index is 542. The van der Waals surface area contributed by atoms with Crippen molar-refractivity contribution in [2.75, 3.05) is 5.32 Å². The van der Waals surface area contributed by atoms with E-state index < -0.39 is 0 Å². The van der Waals surface area contributed by atoms with E-state index in [4.69, 9.17) is 0 Å². The topological polar surface area (TPSA) is 59.8 Å². The first-order valence-electron chi connectivity index (χ1n) is 5.45. The second-order valence-corrected chi connectivity index (χ2v) is 4.93. The van der Waals surface area contributed by atoms with E-state index in [9.17, 15) is 4.79 Å². The van der Waals surface area contributed by atoms with Gasteiger partial charge < -0.3 is 5.32 Å². The van der Waals surface area contributed by atoms with Crippen molar-refractivity contribution >= 4 is 27.5 Å². The molecule has 1 aromatic carbocycles. The Hall–Kier alpha value is -1.69. The van der Waals surface area contributed by atoms with Gasteiger partial charge in [0.15, 0.2) is 0 Å². The minimum atomic E-state index is -0.131. The van der Waals surface area contributed by atoms with Gasteiger partial charge in [-0.2, -0.15) is 5.10 Å². The molecule has 1 amide bonds. The number of nitrogens with zero attached hydrogens (tertiary/aromatic N) is 3. The van der Waals surface area contributed by atoms with Crippen LogP contribution in [0.25, 0.3) is 0 Å². The number of carbonyl (C=O) groups excluding carboxylic acids is 1. The smallest absolute Gasteiger partial charge is 0.246 e. The molecule has 0 aliphatic carbocycles. The molecule has 5 nitrogen and oxygen atoms in total. The third kappa shape index (κ3) is 2.95. The van der Waals surface area contributed by atoms with E-state index in [2.05, 4.69) is 31.3 Å². The largest absolute Gasteiger partial charge is 0.323 e. The predicted molar refractivity (Wildman–Crippen MR) is 72.3 cm³/mol. The zero-order valence-electron chi connectivity index (χ0n) is 10.1. The van der Waals surface area contributed by atoms with Crippen molar-refractivity contribution in [1.82, 2.24) is 14.8 Å². The van der Waals surface area contributed by atoms with Crippen LogP contribution in [0.15, 0.2) is 29.3 Å². The van der Waals surface area contributed by atoms with Crippen molar-refractivity contribution in [3.05, 3.63) is 40.4 Å². The molecule has 18 heavy (non-hydrogen) atoms. The van der Waals surface area contributed by atoms with Crippen molar-refractivity contribution in [1.29, 1.82) is 0 Å². The Kier molecular flexibility index (Phi) is 3.76. The van der Waals surface area contributed by atoms with Crippen LogP contribution in [0.4, 0.5) is 5.69 Å². The third-order valence-corrected chi connectivity index (χ3v) is 3.09. The quantitative estimate of drug-likeness (QED) is 0.946. The fraction of sp³-hybridized carbons (Fsp3) is 0.250. The number of amides is 1. The molecule has 0 bridgehead atoms. The Morgan fingerprint density at radius 1 is 1.44 bits per heavy atom. The summed E-state index contributed by atoms with van der Waals surface area (Å²) in [4.78, 5) is 15.6. The van der Waals surface area contributed by atoms with E-state index in [-0.39, 0.29) is 12.5 Å². The van der Waals surface area contributed by atoms with Gasteiger partial charge in [0, 0.05) is 4.47 Å². The van der Waals surface area contributed by atoms with Gasteiger partial charge in [-0.3, -0.25) is 4.79 Å². The van der Waals surface area contributed by atoms with Crippen LogP contribution in [0, 0.1) is 13.8 Å². The molecule has 0 unspecified atom stereocenters. The number of aryl methyl sites for hydroxylation is 2. The lowest BCUT2D eigenvalue weighted by molar-refractivity contribution is -0.116. The van der Waals surface area contributed by atoms with Crippen LogP contribution in [0.3, 0.4) is 0 Å². The number of aromatic nitrogens is 3. The van der Waals surface area contributed by atoms with E-state index >= 15 is 0 Å². The highest BCUT2D eigenvalue weighted by atomic mass is 79.9. The first-order chi connectivity index (χ1) is 8.56. The molecule has 0 atom stereocenters. The number of halogens is 1. The van der Waals surface area contributed by atoms with Gasteiger partial charge in [0.2, 0.25) is 5.91 Å². The van der Waals surface area contributed by atoms with Gasteiger partial charge in [0.25, 0.3) is 0 Å². The fourth-order valence-electron chi connectivity index (χ4n) is 1.71. The van der Waals surface area contributed by atoms with Crippen molar-refractivity contribution in [3.63, 3.8) is 0 Å². The molecule has 1 heterocycles. The molecule has 1 N–H and O–H groups in total. The normalized spacial score (nSPS) is 10.4. The Morgan fingerprint density at radius 2 is 2.22 bits per heavy atom. The van der Waals surface area contributed by atoms with Crippen LogP contribution in [-0.2, 0) is 11.3 Å². The van der Waals surface area contributed by atoms with Crippen LogP contribution in [0.1, 0.15) is 11.1 Å². The van der Waals surface area contributed by atoms with Crippen LogP contribution >= 0.6 is 15.9 Å². The third-order valence-electron chi connectivity index (χ3n) is 2.47. The first-order valence-corrected chi connectivity index (χ1v) is 6.24. The summed E-state index contributed by atoms with van der Waals surface area (Å²) in [6, 6.07) is 3.99. The van der Waals surface area contributed by atoms with Gasteiger partial charge >= 0.3 is 0 Å². The molecule has 6 heteroatoms. The van der Waals surface area contributed by atoms with Crippen LogP contribution in [0.2, 0.25) is 0 Å². The Labute approximate surface area is 113 Å². The highest BCUT2D eigenvalue weighted by Gasteiger charge is 2.09. The van der Waals surface area contributed by atoms with Crippen molar-refractivity contribution < 1.29 is 4.79 Å². The minimum Gasteiger partial charge on any atom is -0.323 e. The van der Waals surface area contributed by atoms with Gasteiger partial charge in [0.1, 0.15) is 19.2 Å². The molecule has 0 aliphatic rings. The summed E-state index contributed by atoms with van der Waals surface area (Å²) in [5.41, 5.74) is 2.97. The monoisotopic (exact) mass is 308 g/mol. The van der Waals surface area contributed by atoms with Gasteiger partial charge in [-0.25, -0.2) is 9.67 Å². The van der Waals surface area contributed by atoms with Crippen molar-refractivity contribution in [2.24, 2.45) is 0 Å². The molecule has 2 aromatic rings. The Morgan fingerprint density at radius 3 is 2.83 bits per heavy atom. The molecule has 0 spiro atoms. The zero-order valence-corrected chi connectivity index (χ0v) is 11.7. The summed E-state index contributed by atoms with van der Waals surface area (Å²) in [5.74, 6) is -0.131. The fourth-order valence-corrected chi connectivity index (χ4v) is 2.49. The molecule has 0 aliphatic heterocycles. The van der Waals surface area contributed by atoms with Crippen LogP contribution in [-0.4, -0.2) is 20.7 Å². The summed E-state index contributed by atoms with van der Waals surface area (Å²) >= 11 is 3.45. The van der Waals surface area contributed by atoms with Crippen molar-refractivity contribution in [3.8, 4) is 0 Å². The van der Waals surface area contributed by atoms with E-state index in [1.165, 1.54) is 17.3 Å². The lowest BCUT2D eigenvalue weighted by Crippen LogP contribution is -2.19. The van der Waals surface area contributed by atoms with Crippen molar-refractivity contribution in [2.45, 2.75) is 20.4 Å². The molecule has 0 saturated heterocycles. The number of carbonyl (C=O) groups is 1. The van der Waals surface area contributed by atoms with Crippen LogP contribution < -0.4 is 5.32 Å². The van der Waals surface area contributed by atoms with Gasteiger partial charge in [-0.05, 0) is 47.0 Å². The highest BCUT2D eigenvalue weighted by Crippen LogP contribution is 2.27. The van der Waals surface area contributed by atoms with Gasteiger partial charge in [-0.15, -0.1) is 0 Å². The number of benzene rings is 1. The number of hydrogen-bond acceptors (Lipinski definition) is 3. The molecule has 2 rings (SSSR count). The highest BCUT2D eigenvalue weighted by molar-refractivity contribution is 9.10. The predicted octanol–water partition coefficient (Wildman–Crippen LogP) is 2.30. The van der Waals surface area contributed by atoms with E-state index in [1.54, 1.807) is 0 Å². The lowest BCUT2D eigenvalue weighted by atomic mass is 10.1. The maximum Gasteiger partial charge on any atom is 0.246 e. The average Bonchev–Trinajstić information content (AvgIpc) is 2.76. The maximum atomic E-state index is 11.8. The molecule has 1 aromatic heterocycles. The molecule has 0 radical (unpaired) electrons. The van der Waals surface area contributed by atoms with E-state index in [0.29, 0.717) is 0 Å². The number of anilines is 1.